The van der Waals surface area contributed by atoms with Crippen LogP contribution in [0.2, 0.25) is 5.02 Å². The van der Waals surface area contributed by atoms with Gasteiger partial charge in [-0.05, 0) is 32.0 Å². The lowest BCUT2D eigenvalue weighted by molar-refractivity contribution is 0.0943. The molecule has 1 aromatic rings. The average Bonchev–Trinajstić information content (AvgIpc) is 2.24. The number of nitrogens with one attached hydrogen (secondary N) is 1. The highest BCUT2D eigenvalue weighted by molar-refractivity contribution is 6.30. The van der Waals surface area contributed by atoms with Crippen molar-refractivity contribution in [3.8, 4) is 5.75 Å². The van der Waals surface area contributed by atoms with Crippen LogP contribution in [0.25, 0.3) is 0 Å². The van der Waals surface area contributed by atoms with Crippen molar-refractivity contribution < 1.29 is 9.53 Å². The molecule has 0 aliphatic carbocycles. The van der Waals surface area contributed by atoms with Crippen molar-refractivity contribution in [3.63, 3.8) is 0 Å². The van der Waals surface area contributed by atoms with Crippen LogP contribution < -0.4 is 15.8 Å². The molecule has 0 spiro atoms. The first kappa shape index (κ1) is 13.8. The maximum absolute atomic E-state index is 11.9. The lowest BCUT2D eigenvalue weighted by Crippen LogP contribution is -2.45. The van der Waals surface area contributed by atoms with E-state index in [1.165, 1.54) is 7.11 Å². The molecule has 0 unspecified atom stereocenters. The summed E-state index contributed by atoms with van der Waals surface area (Å²) in [5.74, 6) is 0.224. The van der Waals surface area contributed by atoms with Crippen molar-refractivity contribution in [3.05, 3.63) is 28.8 Å². The van der Waals surface area contributed by atoms with Gasteiger partial charge in [0.05, 0.1) is 12.7 Å². The van der Waals surface area contributed by atoms with E-state index in [0.717, 1.165) is 0 Å². The van der Waals surface area contributed by atoms with Crippen molar-refractivity contribution in [2.45, 2.75) is 19.4 Å². The molecule has 0 aromatic heterocycles. The zero-order valence-electron chi connectivity index (χ0n) is 10.2. The van der Waals surface area contributed by atoms with E-state index in [1.807, 2.05) is 13.8 Å². The fourth-order valence-corrected chi connectivity index (χ4v) is 1.42. The molecule has 0 fully saturated rings. The largest absolute Gasteiger partial charge is 0.496 e. The highest BCUT2D eigenvalue weighted by atomic mass is 35.5. The Hall–Kier alpha value is -1.26. The number of amides is 1. The Balaban J connectivity index is 2.82. The standard InChI is InChI=1S/C12H17ClN2O2/c1-12(2,14)7-15-11(16)9-5-4-8(13)6-10(9)17-3/h4-6H,7,14H2,1-3H3,(H,15,16). The predicted octanol–water partition coefficient (Wildman–Crippen LogP) is 1.82. The molecule has 94 valence electrons. The first-order valence-electron chi connectivity index (χ1n) is 5.24. The fraction of sp³-hybridized carbons (Fsp3) is 0.417. The Bertz CT molecular complexity index is 413. The van der Waals surface area contributed by atoms with Crippen LogP contribution in [-0.4, -0.2) is 25.1 Å². The van der Waals surface area contributed by atoms with Gasteiger partial charge in [-0.1, -0.05) is 11.6 Å². The van der Waals surface area contributed by atoms with Gasteiger partial charge in [0.2, 0.25) is 0 Å². The molecule has 0 bridgehead atoms. The number of hydrogen-bond donors (Lipinski definition) is 2. The summed E-state index contributed by atoms with van der Waals surface area (Å²) in [6, 6.07) is 4.87. The molecule has 0 saturated carbocycles. The summed E-state index contributed by atoms with van der Waals surface area (Å²) in [6.45, 7) is 4.07. The molecule has 4 nitrogen and oxygen atoms in total. The van der Waals surface area contributed by atoms with Gasteiger partial charge in [-0.25, -0.2) is 0 Å². The minimum absolute atomic E-state index is 0.225. The maximum Gasteiger partial charge on any atom is 0.255 e. The van der Waals surface area contributed by atoms with Gasteiger partial charge >= 0.3 is 0 Å². The van der Waals surface area contributed by atoms with E-state index in [2.05, 4.69) is 5.32 Å². The topological polar surface area (TPSA) is 64.3 Å². The highest BCUT2D eigenvalue weighted by Gasteiger charge is 2.16. The third-order valence-electron chi connectivity index (χ3n) is 2.11. The van der Waals surface area contributed by atoms with Gasteiger partial charge in [0.15, 0.2) is 0 Å². The summed E-state index contributed by atoms with van der Waals surface area (Å²) in [6.07, 6.45) is 0. The third-order valence-corrected chi connectivity index (χ3v) is 2.35. The Labute approximate surface area is 106 Å². The molecule has 0 heterocycles. The van der Waals surface area contributed by atoms with Crippen LogP contribution in [-0.2, 0) is 0 Å². The molecule has 3 N–H and O–H groups in total. The molecule has 5 heteroatoms. The van der Waals surface area contributed by atoms with E-state index in [9.17, 15) is 4.79 Å². The van der Waals surface area contributed by atoms with Crippen LogP contribution in [0, 0.1) is 0 Å². The van der Waals surface area contributed by atoms with Crippen molar-refractivity contribution in [1.82, 2.24) is 5.32 Å². The van der Waals surface area contributed by atoms with Crippen LogP contribution in [0.1, 0.15) is 24.2 Å². The smallest absolute Gasteiger partial charge is 0.255 e. The number of nitrogens with two attached hydrogens (primary N) is 1. The second-order valence-electron chi connectivity index (χ2n) is 4.52. The van der Waals surface area contributed by atoms with Crippen LogP contribution in [0.15, 0.2) is 18.2 Å². The SMILES string of the molecule is COc1cc(Cl)ccc1C(=O)NCC(C)(C)N. The van der Waals surface area contributed by atoms with Crippen molar-refractivity contribution in [2.75, 3.05) is 13.7 Å². The number of methoxy groups -OCH3 is 1. The molecule has 1 amide bonds. The van der Waals surface area contributed by atoms with E-state index in [0.29, 0.717) is 22.9 Å². The van der Waals surface area contributed by atoms with Gasteiger partial charge in [-0.3, -0.25) is 4.79 Å². The summed E-state index contributed by atoms with van der Waals surface area (Å²) in [5.41, 5.74) is 5.79. The molecule has 0 aliphatic heterocycles. The number of carbonyl (C=O) groups excluding carboxylic acids is 1. The molecule has 0 saturated heterocycles. The second-order valence-corrected chi connectivity index (χ2v) is 4.95. The summed E-state index contributed by atoms with van der Waals surface area (Å²) >= 11 is 5.82. The quantitative estimate of drug-likeness (QED) is 0.864. The van der Waals surface area contributed by atoms with E-state index in [4.69, 9.17) is 22.1 Å². The van der Waals surface area contributed by atoms with Crippen LogP contribution >= 0.6 is 11.6 Å². The molecular weight excluding hydrogens is 240 g/mol. The molecule has 0 radical (unpaired) electrons. The van der Waals surface area contributed by atoms with Crippen molar-refractivity contribution >= 4 is 17.5 Å². The van der Waals surface area contributed by atoms with E-state index < -0.39 is 5.54 Å². The maximum atomic E-state index is 11.9. The Morgan fingerprint density at radius 1 is 1.53 bits per heavy atom. The summed E-state index contributed by atoms with van der Waals surface area (Å²) in [7, 11) is 1.50. The number of rotatable bonds is 4. The van der Waals surface area contributed by atoms with Gasteiger partial charge in [-0.15, -0.1) is 0 Å². The third kappa shape index (κ3) is 4.24. The first-order chi connectivity index (χ1) is 7.83. The summed E-state index contributed by atoms with van der Waals surface area (Å²) in [5, 5.41) is 3.27. The Morgan fingerprint density at radius 2 is 2.18 bits per heavy atom. The number of carbonyl (C=O) groups is 1. The zero-order chi connectivity index (χ0) is 13.1. The van der Waals surface area contributed by atoms with Gasteiger partial charge in [-0.2, -0.15) is 0 Å². The van der Waals surface area contributed by atoms with Gasteiger partial charge in [0.1, 0.15) is 5.75 Å². The minimum Gasteiger partial charge on any atom is -0.496 e. The number of halogens is 1. The average molecular weight is 257 g/mol. The number of hydrogen-bond acceptors (Lipinski definition) is 3. The van der Waals surface area contributed by atoms with Gasteiger partial charge in [0, 0.05) is 17.1 Å². The molecule has 17 heavy (non-hydrogen) atoms. The van der Waals surface area contributed by atoms with Gasteiger partial charge in [0.25, 0.3) is 5.91 Å². The van der Waals surface area contributed by atoms with Crippen LogP contribution in [0.3, 0.4) is 0 Å². The van der Waals surface area contributed by atoms with E-state index >= 15 is 0 Å². The van der Waals surface area contributed by atoms with Crippen LogP contribution in [0.5, 0.6) is 5.75 Å². The van der Waals surface area contributed by atoms with Crippen molar-refractivity contribution in [2.24, 2.45) is 5.73 Å². The van der Waals surface area contributed by atoms with Crippen LogP contribution in [0.4, 0.5) is 0 Å². The molecule has 0 aliphatic rings. The normalized spacial score (nSPS) is 11.1. The van der Waals surface area contributed by atoms with E-state index in [-0.39, 0.29) is 5.91 Å². The van der Waals surface area contributed by atoms with Gasteiger partial charge < -0.3 is 15.8 Å². The minimum atomic E-state index is -0.449. The monoisotopic (exact) mass is 256 g/mol. The fourth-order valence-electron chi connectivity index (χ4n) is 1.26. The second kappa shape index (κ2) is 5.38. The Kier molecular flexibility index (Phi) is 4.37. The summed E-state index contributed by atoms with van der Waals surface area (Å²) in [4.78, 5) is 11.9. The molecule has 1 rings (SSSR count). The predicted molar refractivity (Wildman–Crippen MR) is 68.6 cm³/mol. The summed E-state index contributed by atoms with van der Waals surface area (Å²) < 4.78 is 5.10. The zero-order valence-corrected chi connectivity index (χ0v) is 11.0. The Morgan fingerprint density at radius 3 is 2.71 bits per heavy atom. The molecule has 1 aromatic carbocycles. The molecule has 0 atom stereocenters. The lowest BCUT2D eigenvalue weighted by Gasteiger charge is -2.19. The highest BCUT2D eigenvalue weighted by Crippen LogP contribution is 2.22. The molecular formula is C12H17ClN2O2. The van der Waals surface area contributed by atoms with E-state index in [1.54, 1.807) is 18.2 Å². The number of benzene rings is 1. The van der Waals surface area contributed by atoms with Crippen molar-refractivity contribution in [1.29, 1.82) is 0 Å². The lowest BCUT2D eigenvalue weighted by atomic mass is 10.1. The number of ether oxygens (including phenoxy) is 1. The first-order valence-corrected chi connectivity index (χ1v) is 5.62.